The van der Waals surface area contributed by atoms with Crippen molar-refractivity contribution in [2.24, 2.45) is 7.05 Å². The number of carbonyl (C=O) groups excluding carboxylic acids is 2. The first-order valence-electron chi connectivity index (χ1n) is 9.83. The molecule has 7 nitrogen and oxygen atoms in total. The van der Waals surface area contributed by atoms with Crippen LogP contribution in [0.25, 0.3) is 6.08 Å². The predicted molar refractivity (Wildman–Crippen MR) is 120 cm³/mol. The Kier molecular flexibility index (Phi) is 6.87. The summed E-state index contributed by atoms with van der Waals surface area (Å²) < 4.78 is 12.7. The van der Waals surface area contributed by atoms with E-state index in [2.05, 4.69) is 10.3 Å². The molecule has 0 atom stereocenters. The summed E-state index contributed by atoms with van der Waals surface area (Å²) in [6, 6.07) is 12.2. The molecule has 0 bridgehead atoms. The highest BCUT2D eigenvalue weighted by atomic mass is 16.5. The molecule has 0 radical (unpaired) electrons. The number of nitrogens with one attached hydrogen (secondary N) is 1. The molecule has 0 aliphatic rings. The Morgan fingerprint density at radius 3 is 2.45 bits per heavy atom. The van der Waals surface area contributed by atoms with Crippen LogP contribution in [0.1, 0.15) is 35.6 Å². The van der Waals surface area contributed by atoms with E-state index in [0.29, 0.717) is 28.6 Å². The van der Waals surface area contributed by atoms with Gasteiger partial charge in [-0.15, -0.1) is 0 Å². The molecule has 160 valence electrons. The molecule has 0 fully saturated rings. The normalized spacial score (nSPS) is 11.0. The highest BCUT2D eigenvalue weighted by molar-refractivity contribution is 6.07. The zero-order valence-electron chi connectivity index (χ0n) is 18.0. The number of amides is 1. The number of nitrogens with zero attached hydrogens (tertiary/aromatic N) is 2. The van der Waals surface area contributed by atoms with Crippen molar-refractivity contribution in [1.82, 2.24) is 9.55 Å². The molecule has 0 saturated carbocycles. The molecule has 1 heterocycles. The van der Waals surface area contributed by atoms with Gasteiger partial charge in [-0.25, -0.2) is 4.98 Å². The molecule has 0 unspecified atom stereocenters. The van der Waals surface area contributed by atoms with Crippen LogP contribution in [-0.4, -0.2) is 34.5 Å². The Labute approximate surface area is 181 Å². The molecule has 1 aromatic heterocycles. The Hall–Kier alpha value is -3.87. The van der Waals surface area contributed by atoms with Crippen molar-refractivity contribution in [2.75, 3.05) is 12.4 Å². The molecule has 0 aliphatic heterocycles. The first kappa shape index (κ1) is 21.8. The van der Waals surface area contributed by atoms with Crippen molar-refractivity contribution in [3.63, 3.8) is 0 Å². The fourth-order valence-corrected chi connectivity index (χ4v) is 2.91. The van der Waals surface area contributed by atoms with Gasteiger partial charge in [-0.3, -0.25) is 9.59 Å². The number of methoxy groups -OCH3 is 1. The zero-order valence-corrected chi connectivity index (χ0v) is 18.0. The lowest BCUT2D eigenvalue weighted by atomic mass is 10.1. The number of hydrogen-bond acceptors (Lipinski definition) is 5. The van der Waals surface area contributed by atoms with Crippen LogP contribution in [0.5, 0.6) is 11.5 Å². The number of ether oxygens (including phenoxy) is 2. The van der Waals surface area contributed by atoms with Gasteiger partial charge in [0.05, 0.1) is 13.2 Å². The van der Waals surface area contributed by atoms with Crippen LogP contribution >= 0.6 is 0 Å². The molecule has 0 spiro atoms. The molecule has 1 amide bonds. The van der Waals surface area contributed by atoms with E-state index in [1.54, 1.807) is 67.5 Å². The van der Waals surface area contributed by atoms with E-state index < -0.39 is 0 Å². The summed E-state index contributed by atoms with van der Waals surface area (Å²) in [6.07, 6.45) is 6.45. The maximum absolute atomic E-state index is 12.5. The number of benzene rings is 2. The van der Waals surface area contributed by atoms with E-state index in [1.165, 1.54) is 6.08 Å². The number of carbonyl (C=O) groups is 2. The number of rotatable bonds is 8. The molecular weight excluding hydrogens is 394 g/mol. The summed E-state index contributed by atoms with van der Waals surface area (Å²) >= 11 is 0. The van der Waals surface area contributed by atoms with Gasteiger partial charge in [0, 0.05) is 36.8 Å². The van der Waals surface area contributed by atoms with Crippen molar-refractivity contribution in [1.29, 1.82) is 0 Å². The van der Waals surface area contributed by atoms with E-state index in [9.17, 15) is 9.59 Å². The van der Waals surface area contributed by atoms with Gasteiger partial charge >= 0.3 is 0 Å². The number of imidazole rings is 1. The minimum atomic E-state index is -0.287. The van der Waals surface area contributed by atoms with Crippen LogP contribution < -0.4 is 14.8 Å². The minimum Gasteiger partial charge on any atom is -0.493 e. The van der Waals surface area contributed by atoms with Crippen molar-refractivity contribution in [3.05, 3.63) is 77.9 Å². The van der Waals surface area contributed by atoms with E-state index in [0.717, 1.165) is 5.56 Å². The topological polar surface area (TPSA) is 82.5 Å². The minimum absolute atomic E-state index is 0.0338. The quantitative estimate of drug-likeness (QED) is 0.439. The summed E-state index contributed by atoms with van der Waals surface area (Å²) in [6.45, 7) is 3.89. The van der Waals surface area contributed by atoms with Crippen LogP contribution in [0, 0.1) is 0 Å². The summed E-state index contributed by atoms with van der Waals surface area (Å²) in [7, 11) is 3.34. The monoisotopic (exact) mass is 419 g/mol. The maximum atomic E-state index is 12.5. The Bertz CT molecular complexity index is 1100. The lowest BCUT2D eigenvalue weighted by molar-refractivity contribution is -0.111. The van der Waals surface area contributed by atoms with Gasteiger partial charge in [0.2, 0.25) is 11.7 Å². The van der Waals surface area contributed by atoms with Crippen molar-refractivity contribution in [3.8, 4) is 11.5 Å². The highest BCUT2D eigenvalue weighted by Crippen LogP contribution is 2.29. The molecule has 2 aromatic carbocycles. The van der Waals surface area contributed by atoms with Crippen LogP contribution in [-0.2, 0) is 11.8 Å². The summed E-state index contributed by atoms with van der Waals surface area (Å²) in [5.41, 5.74) is 1.89. The lowest BCUT2D eigenvalue weighted by Crippen LogP contribution is -2.10. The van der Waals surface area contributed by atoms with Crippen LogP contribution in [0.15, 0.2) is 60.9 Å². The summed E-state index contributed by atoms with van der Waals surface area (Å²) in [5, 5.41) is 2.78. The van der Waals surface area contributed by atoms with Crippen molar-refractivity contribution < 1.29 is 19.1 Å². The fourth-order valence-electron chi connectivity index (χ4n) is 2.91. The van der Waals surface area contributed by atoms with Gasteiger partial charge in [0.25, 0.3) is 0 Å². The maximum Gasteiger partial charge on any atom is 0.248 e. The van der Waals surface area contributed by atoms with E-state index in [4.69, 9.17) is 9.47 Å². The second-order valence-corrected chi connectivity index (χ2v) is 7.17. The average Bonchev–Trinajstić information content (AvgIpc) is 3.18. The van der Waals surface area contributed by atoms with E-state index in [1.807, 2.05) is 26.0 Å². The SMILES string of the molecule is COc1cc(/C=C/C(=O)Nc2ccc(C(=O)c3nccn3C)cc2)ccc1OC(C)C. The number of aryl methyl sites for hydroxylation is 1. The largest absolute Gasteiger partial charge is 0.493 e. The third kappa shape index (κ3) is 5.60. The van der Waals surface area contributed by atoms with Gasteiger partial charge in [0.15, 0.2) is 17.3 Å². The van der Waals surface area contributed by atoms with E-state index in [-0.39, 0.29) is 17.8 Å². The summed E-state index contributed by atoms with van der Waals surface area (Å²) in [5.74, 6) is 1.15. The second-order valence-electron chi connectivity index (χ2n) is 7.17. The highest BCUT2D eigenvalue weighted by Gasteiger charge is 2.13. The third-order valence-corrected chi connectivity index (χ3v) is 4.42. The fraction of sp³-hybridized carbons (Fsp3) is 0.208. The van der Waals surface area contributed by atoms with Gasteiger partial charge in [-0.1, -0.05) is 6.07 Å². The summed E-state index contributed by atoms with van der Waals surface area (Å²) in [4.78, 5) is 28.8. The van der Waals surface area contributed by atoms with Crippen LogP contribution in [0.4, 0.5) is 5.69 Å². The lowest BCUT2D eigenvalue weighted by Gasteiger charge is -2.13. The standard InChI is InChI=1S/C24H25N3O4/c1-16(2)31-20-11-5-17(15-21(20)30-4)6-12-22(28)26-19-9-7-18(8-10-19)23(29)24-25-13-14-27(24)3/h5-16H,1-4H3,(H,26,28)/b12-6+. The number of ketones is 1. The molecular formula is C24H25N3O4. The average molecular weight is 419 g/mol. The van der Waals surface area contributed by atoms with Crippen LogP contribution in [0.3, 0.4) is 0 Å². The number of anilines is 1. The van der Waals surface area contributed by atoms with Crippen LogP contribution in [0.2, 0.25) is 0 Å². The third-order valence-electron chi connectivity index (χ3n) is 4.42. The smallest absolute Gasteiger partial charge is 0.248 e. The first-order chi connectivity index (χ1) is 14.9. The number of aromatic nitrogens is 2. The Morgan fingerprint density at radius 1 is 1.10 bits per heavy atom. The predicted octanol–water partition coefficient (Wildman–Crippen LogP) is 4.10. The zero-order chi connectivity index (χ0) is 22.4. The molecule has 1 N–H and O–H groups in total. The van der Waals surface area contributed by atoms with Crippen molar-refractivity contribution >= 4 is 23.5 Å². The number of hydrogen-bond donors (Lipinski definition) is 1. The Balaban J connectivity index is 1.63. The first-order valence-corrected chi connectivity index (χ1v) is 9.83. The van der Waals surface area contributed by atoms with Gasteiger partial charge in [-0.05, 0) is 61.9 Å². The van der Waals surface area contributed by atoms with Crippen molar-refractivity contribution in [2.45, 2.75) is 20.0 Å². The van der Waals surface area contributed by atoms with E-state index >= 15 is 0 Å². The molecule has 0 aliphatic carbocycles. The second kappa shape index (κ2) is 9.75. The molecule has 31 heavy (non-hydrogen) atoms. The Morgan fingerprint density at radius 2 is 1.84 bits per heavy atom. The van der Waals surface area contributed by atoms with Gasteiger partial charge < -0.3 is 19.4 Å². The molecule has 3 aromatic rings. The molecule has 0 saturated heterocycles. The molecule has 3 rings (SSSR count). The molecule has 7 heteroatoms. The van der Waals surface area contributed by atoms with Gasteiger partial charge in [-0.2, -0.15) is 0 Å². The van der Waals surface area contributed by atoms with Gasteiger partial charge in [0.1, 0.15) is 0 Å².